The maximum absolute atomic E-state index is 12.9. The number of sulfonamides is 1. The van der Waals surface area contributed by atoms with Crippen molar-refractivity contribution in [2.24, 2.45) is 0 Å². The summed E-state index contributed by atoms with van der Waals surface area (Å²) < 4.78 is 28.6. The molecule has 1 aliphatic heterocycles. The van der Waals surface area contributed by atoms with Crippen molar-refractivity contribution < 1.29 is 8.42 Å². The second kappa shape index (κ2) is 7.36. The summed E-state index contributed by atoms with van der Waals surface area (Å²) >= 11 is 0. The molecule has 3 aromatic carbocycles. The largest absolute Gasteiger partial charge is 0.366 e. The molecule has 4 nitrogen and oxygen atoms in total. The van der Waals surface area contributed by atoms with E-state index in [0.717, 1.165) is 5.56 Å². The molecule has 5 heteroatoms. The Balaban J connectivity index is 1.45. The molecule has 0 amide bonds. The maximum atomic E-state index is 12.9. The number of benzene rings is 3. The summed E-state index contributed by atoms with van der Waals surface area (Å²) in [7, 11) is -1.41. The second-order valence-corrected chi connectivity index (χ2v) is 10.2. The molecule has 158 valence electrons. The van der Waals surface area contributed by atoms with E-state index in [2.05, 4.69) is 71.3 Å². The van der Waals surface area contributed by atoms with Crippen molar-refractivity contribution in [3.8, 4) is 0 Å². The van der Waals surface area contributed by atoms with Crippen LogP contribution in [-0.2, 0) is 15.4 Å². The molecular weight excluding hydrogens is 404 g/mol. The highest BCUT2D eigenvalue weighted by atomic mass is 32.2. The highest BCUT2D eigenvalue weighted by Gasteiger charge is 2.55. The summed E-state index contributed by atoms with van der Waals surface area (Å²) in [6, 6.07) is 26.2. The van der Waals surface area contributed by atoms with Crippen LogP contribution < -0.4 is 9.62 Å². The molecule has 0 bridgehead atoms. The van der Waals surface area contributed by atoms with Crippen LogP contribution in [0, 0.1) is 6.92 Å². The first-order valence-electron chi connectivity index (χ1n) is 10.6. The molecular formula is C26H26N2O2S. The second-order valence-electron chi connectivity index (χ2n) is 8.45. The summed E-state index contributed by atoms with van der Waals surface area (Å²) in [5.74, 6) is 0. The van der Waals surface area contributed by atoms with Gasteiger partial charge < -0.3 is 4.90 Å². The van der Waals surface area contributed by atoms with E-state index in [4.69, 9.17) is 0 Å². The Kier molecular flexibility index (Phi) is 4.76. The van der Waals surface area contributed by atoms with Crippen molar-refractivity contribution in [1.82, 2.24) is 4.72 Å². The third-order valence-corrected chi connectivity index (χ3v) is 8.31. The van der Waals surface area contributed by atoms with Gasteiger partial charge in [-0.15, -0.1) is 0 Å². The zero-order valence-corrected chi connectivity index (χ0v) is 18.6. The summed E-state index contributed by atoms with van der Waals surface area (Å²) in [6.07, 6.45) is 3.05. The van der Waals surface area contributed by atoms with Crippen LogP contribution in [0.1, 0.15) is 23.1 Å². The lowest BCUT2D eigenvalue weighted by molar-refractivity contribution is 0.431. The van der Waals surface area contributed by atoms with Crippen molar-refractivity contribution in [3.05, 3.63) is 102 Å². The minimum absolute atomic E-state index is 0.190. The van der Waals surface area contributed by atoms with Crippen molar-refractivity contribution in [3.63, 3.8) is 0 Å². The quantitative estimate of drug-likeness (QED) is 0.626. The standard InChI is InChI=1S/C26H26N2O2S/c1-19-10-6-9-15-24(19)31(29,30)27-17-16-26-18-21(20-11-4-3-5-12-20)25(26)28(2)23-14-8-7-13-22(23)26/h3-15,18,25,27H,16-17H2,1-2H3. The van der Waals surface area contributed by atoms with Gasteiger partial charge in [-0.3, -0.25) is 0 Å². The van der Waals surface area contributed by atoms with Gasteiger partial charge in [0.2, 0.25) is 10.0 Å². The lowest BCUT2D eigenvalue weighted by Gasteiger charge is -2.46. The van der Waals surface area contributed by atoms with Gasteiger partial charge in [0, 0.05) is 24.7 Å². The van der Waals surface area contributed by atoms with Crippen LogP contribution in [0.2, 0.25) is 0 Å². The Morgan fingerprint density at radius 3 is 2.39 bits per heavy atom. The van der Waals surface area contributed by atoms with Crippen LogP contribution in [0.15, 0.2) is 89.8 Å². The van der Waals surface area contributed by atoms with E-state index >= 15 is 0 Å². The van der Waals surface area contributed by atoms with Crippen LogP contribution in [-0.4, -0.2) is 28.1 Å². The Bertz CT molecular complexity index is 1270. The van der Waals surface area contributed by atoms with Gasteiger partial charge in [-0.25, -0.2) is 13.1 Å². The van der Waals surface area contributed by atoms with E-state index in [-0.39, 0.29) is 11.5 Å². The zero-order chi connectivity index (χ0) is 21.6. The monoisotopic (exact) mass is 430 g/mol. The number of rotatable bonds is 6. The molecule has 3 aromatic rings. The van der Waals surface area contributed by atoms with Crippen LogP contribution in [0.5, 0.6) is 0 Å². The van der Waals surface area contributed by atoms with Crippen LogP contribution in [0.25, 0.3) is 5.57 Å². The molecule has 5 rings (SSSR count). The van der Waals surface area contributed by atoms with Gasteiger partial charge in [-0.05, 0) is 47.7 Å². The average Bonchev–Trinajstić information content (AvgIpc) is 2.93. The van der Waals surface area contributed by atoms with Gasteiger partial charge in [-0.1, -0.05) is 72.8 Å². The lowest BCUT2D eigenvalue weighted by Crippen LogP contribution is -2.51. The molecule has 0 saturated carbocycles. The zero-order valence-electron chi connectivity index (χ0n) is 17.7. The minimum Gasteiger partial charge on any atom is -0.366 e. The smallest absolute Gasteiger partial charge is 0.240 e. The topological polar surface area (TPSA) is 49.4 Å². The summed E-state index contributed by atoms with van der Waals surface area (Å²) in [5.41, 5.74) is 5.59. The van der Waals surface area contributed by atoms with Crippen molar-refractivity contribution in [2.75, 3.05) is 18.5 Å². The fraction of sp³-hybridized carbons (Fsp3) is 0.231. The summed E-state index contributed by atoms with van der Waals surface area (Å²) in [6.45, 7) is 2.21. The SMILES string of the molecule is Cc1ccccc1S(=O)(=O)NCCC12C=C(c3ccccc3)C1N(C)c1ccccc12. The maximum Gasteiger partial charge on any atom is 0.240 e. The van der Waals surface area contributed by atoms with Gasteiger partial charge in [-0.2, -0.15) is 0 Å². The molecule has 2 unspecified atom stereocenters. The van der Waals surface area contributed by atoms with Gasteiger partial charge in [0.15, 0.2) is 0 Å². The van der Waals surface area contributed by atoms with Gasteiger partial charge in [0.05, 0.1) is 10.9 Å². The molecule has 31 heavy (non-hydrogen) atoms. The van der Waals surface area contributed by atoms with Crippen LogP contribution in [0.3, 0.4) is 0 Å². The van der Waals surface area contributed by atoms with Crippen molar-refractivity contribution in [1.29, 1.82) is 0 Å². The first kappa shape index (κ1) is 20.0. The van der Waals surface area contributed by atoms with E-state index in [1.165, 1.54) is 22.4 Å². The van der Waals surface area contributed by atoms with Crippen molar-refractivity contribution >= 4 is 21.3 Å². The van der Waals surface area contributed by atoms with E-state index < -0.39 is 10.0 Å². The van der Waals surface area contributed by atoms with Gasteiger partial charge >= 0.3 is 0 Å². The number of hydrogen-bond acceptors (Lipinski definition) is 3. The molecule has 0 saturated heterocycles. The van der Waals surface area contributed by atoms with Gasteiger partial charge in [0.25, 0.3) is 0 Å². The normalized spacial score (nSPS) is 21.8. The number of anilines is 1. The molecule has 1 N–H and O–H groups in total. The molecule has 0 aromatic heterocycles. The Labute approximate surface area is 184 Å². The predicted octanol–water partition coefficient (Wildman–Crippen LogP) is 4.52. The molecule has 1 aliphatic carbocycles. The molecule has 0 spiro atoms. The number of nitrogens with zero attached hydrogens (tertiary/aromatic N) is 1. The Morgan fingerprint density at radius 1 is 0.935 bits per heavy atom. The molecule has 0 radical (unpaired) electrons. The highest BCUT2D eigenvalue weighted by molar-refractivity contribution is 7.89. The number of hydrogen-bond donors (Lipinski definition) is 1. The van der Waals surface area contributed by atoms with Crippen LogP contribution in [0.4, 0.5) is 5.69 Å². The fourth-order valence-corrected chi connectivity index (χ4v) is 6.53. The number of aryl methyl sites for hydroxylation is 1. The van der Waals surface area contributed by atoms with Crippen LogP contribution >= 0.6 is 0 Å². The third kappa shape index (κ3) is 3.11. The molecule has 0 fully saturated rings. The first-order chi connectivity index (χ1) is 14.9. The van der Waals surface area contributed by atoms with E-state index in [1.807, 2.05) is 25.1 Å². The number of nitrogens with one attached hydrogen (secondary N) is 1. The summed E-state index contributed by atoms with van der Waals surface area (Å²) in [5, 5.41) is 0. The lowest BCUT2D eigenvalue weighted by atomic mass is 9.61. The highest BCUT2D eigenvalue weighted by Crippen LogP contribution is 2.58. The number of fused-ring (bicyclic) bond motifs is 3. The van der Waals surface area contributed by atoms with E-state index in [9.17, 15) is 8.42 Å². The first-order valence-corrected chi connectivity index (χ1v) is 12.1. The van der Waals surface area contributed by atoms with Crippen molar-refractivity contribution in [2.45, 2.75) is 29.7 Å². The average molecular weight is 431 g/mol. The summed E-state index contributed by atoms with van der Waals surface area (Å²) in [4.78, 5) is 2.69. The third-order valence-electron chi connectivity index (χ3n) is 6.69. The number of likely N-dealkylation sites (N-methyl/N-ethyl adjacent to an activating group) is 1. The molecule has 2 atom stereocenters. The molecule has 2 aliphatic rings. The van der Waals surface area contributed by atoms with E-state index in [1.54, 1.807) is 12.1 Å². The van der Waals surface area contributed by atoms with Gasteiger partial charge in [0.1, 0.15) is 0 Å². The number of para-hydroxylation sites is 1. The predicted molar refractivity (Wildman–Crippen MR) is 126 cm³/mol. The minimum atomic E-state index is -3.54. The van der Waals surface area contributed by atoms with E-state index in [0.29, 0.717) is 17.9 Å². The fourth-order valence-electron chi connectivity index (χ4n) is 5.25. The Hall–Kier alpha value is -2.89. The molecule has 1 heterocycles. The Morgan fingerprint density at radius 2 is 1.61 bits per heavy atom.